The van der Waals surface area contributed by atoms with E-state index in [0.29, 0.717) is 0 Å². The minimum Gasteiger partial charge on any atom is -0.459 e. The Labute approximate surface area is 87.0 Å². The number of hydrogen-bond acceptors (Lipinski definition) is 4. The molecule has 0 bridgehead atoms. The third-order valence-electron chi connectivity index (χ3n) is 1.46. The molecule has 0 aliphatic rings. The van der Waals surface area contributed by atoms with E-state index >= 15 is 0 Å². The number of nitrogen functional groups attached to an aromatic ring is 1. The predicted octanol–water partition coefficient (Wildman–Crippen LogP) is 1.88. The van der Waals surface area contributed by atoms with E-state index in [4.69, 9.17) is 22.1 Å². The molecule has 0 aromatic carbocycles. The Hall–Kier alpha value is -1.29. The number of anilines is 1. The maximum atomic E-state index is 11.4. The number of nitrogens with zero attached hydrogens (tertiary/aromatic N) is 1. The molecule has 0 saturated heterocycles. The first-order valence-electron chi connectivity index (χ1n) is 4.12. The third kappa shape index (κ3) is 2.60. The molecule has 0 amide bonds. The normalized spacial score (nSPS) is 10.3. The van der Waals surface area contributed by atoms with Gasteiger partial charge in [0.25, 0.3) is 0 Å². The molecule has 0 unspecified atom stereocenters. The first kappa shape index (κ1) is 10.8. The van der Waals surface area contributed by atoms with Crippen LogP contribution in [-0.4, -0.2) is 17.1 Å². The number of esters is 1. The van der Waals surface area contributed by atoms with Crippen molar-refractivity contribution in [1.29, 1.82) is 0 Å². The number of halogens is 1. The lowest BCUT2D eigenvalue weighted by Gasteiger charge is -2.09. The molecule has 14 heavy (non-hydrogen) atoms. The molecule has 0 spiro atoms. The average Bonchev–Trinajstić information content (AvgIpc) is 2.08. The fraction of sp³-hybridized carbons (Fsp3) is 0.333. The summed E-state index contributed by atoms with van der Waals surface area (Å²) in [5, 5.41) is 0.218. The van der Waals surface area contributed by atoms with Crippen molar-refractivity contribution in [2.24, 2.45) is 0 Å². The van der Waals surface area contributed by atoms with Crippen molar-refractivity contribution in [1.82, 2.24) is 4.98 Å². The average molecular weight is 215 g/mol. The first-order valence-corrected chi connectivity index (χ1v) is 4.50. The van der Waals surface area contributed by atoms with Gasteiger partial charge in [-0.1, -0.05) is 11.6 Å². The number of hydrogen-bond donors (Lipinski definition) is 1. The molecule has 1 aromatic heterocycles. The molecule has 0 aliphatic heterocycles. The van der Waals surface area contributed by atoms with Gasteiger partial charge >= 0.3 is 5.97 Å². The van der Waals surface area contributed by atoms with Gasteiger partial charge in [0.05, 0.1) is 23.6 Å². The van der Waals surface area contributed by atoms with Crippen molar-refractivity contribution in [3.05, 3.63) is 23.0 Å². The summed E-state index contributed by atoms with van der Waals surface area (Å²) in [7, 11) is 0. The van der Waals surface area contributed by atoms with Crippen LogP contribution in [-0.2, 0) is 4.74 Å². The van der Waals surface area contributed by atoms with Crippen LogP contribution >= 0.6 is 11.6 Å². The Kier molecular flexibility index (Phi) is 3.30. The van der Waals surface area contributed by atoms with Gasteiger partial charge in [0, 0.05) is 0 Å². The van der Waals surface area contributed by atoms with Gasteiger partial charge in [-0.05, 0) is 19.9 Å². The first-order chi connectivity index (χ1) is 6.50. The van der Waals surface area contributed by atoms with Crippen LogP contribution < -0.4 is 5.73 Å². The van der Waals surface area contributed by atoms with Crippen LogP contribution in [0, 0.1) is 0 Å². The molecule has 76 valence electrons. The summed E-state index contributed by atoms with van der Waals surface area (Å²) in [6.45, 7) is 3.52. The molecule has 0 radical (unpaired) electrons. The van der Waals surface area contributed by atoms with E-state index in [1.165, 1.54) is 12.3 Å². The second-order valence-corrected chi connectivity index (χ2v) is 3.44. The van der Waals surface area contributed by atoms with Gasteiger partial charge < -0.3 is 10.5 Å². The van der Waals surface area contributed by atoms with Crippen LogP contribution in [0.15, 0.2) is 12.3 Å². The number of pyridine rings is 1. The summed E-state index contributed by atoms with van der Waals surface area (Å²) < 4.78 is 4.97. The van der Waals surface area contributed by atoms with Gasteiger partial charge in [-0.2, -0.15) is 0 Å². The monoisotopic (exact) mass is 214 g/mol. The molecule has 2 N–H and O–H groups in total. The highest BCUT2D eigenvalue weighted by Crippen LogP contribution is 2.16. The fourth-order valence-corrected chi connectivity index (χ4v) is 1.05. The summed E-state index contributed by atoms with van der Waals surface area (Å²) in [5.74, 6) is -0.484. The quantitative estimate of drug-likeness (QED) is 0.603. The highest BCUT2D eigenvalue weighted by atomic mass is 35.5. The van der Waals surface area contributed by atoms with Crippen molar-refractivity contribution in [2.45, 2.75) is 20.0 Å². The van der Waals surface area contributed by atoms with Gasteiger partial charge in [-0.25, -0.2) is 9.78 Å². The van der Waals surface area contributed by atoms with Crippen LogP contribution in [0.2, 0.25) is 5.15 Å². The summed E-state index contributed by atoms with van der Waals surface area (Å²) in [6.07, 6.45) is 1.15. The number of rotatable bonds is 2. The summed E-state index contributed by atoms with van der Waals surface area (Å²) in [6, 6.07) is 1.39. The summed E-state index contributed by atoms with van der Waals surface area (Å²) in [4.78, 5) is 15.2. The van der Waals surface area contributed by atoms with Crippen molar-refractivity contribution in [3.63, 3.8) is 0 Å². The molecule has 0 fully saturated rings. The number of aromatic nitrogens is 1. The zero-order valence-electron chi connectivity index (χ0n) is 7.95. The van der Waals surface area contributed by atoms with Crippen molar-refractivity contribution < 1.29 is 9.53 Å². The second kappa shape index (κ2) is 4.28. The topological polar surface area (TPSA) is 65.2 Å². The van der Waals surface area contributed by atoms with E-state index in [1.54, 1.807) is 13.8 Å². The van der Waals surface area contributed by atoms with Crippen LogP contribution in [0.1, 0.15) is 24.2 Å². The Morgan fingerprint density at radius 2 is 2.29 bits per heavy atom. The van der Waals surface area contributed by atoms with E-state index < -0.39 is 5.97 Å². The molecule has 0 saturated carbocycles. The highest BCUT2D eigenvalue weighted by Gasteiger charge is 2.13. The molecule has 1 aromatic rings. The Bertz CT molecular complexity index is 353. The SMILES string of the molecule is CC(C)OC(=O)c1cc(Cl)ncc1N. The largest absolute Gasteiger partial charge is 0.459 e. The number of ether oxygens (including phenoxy) is 1. The lowest BCUT2D eigenvalue weighted by atomic mass is 10.2. The summed E-state index contributed by atoms with van der Waals surface area (Å²) in [5.41, 5.74) is 6.06. The van der Waals surface area contributed by atoms with Gasteiger partial charge in [-0.3, -0.25) is 0 Å². The molecular formula is C9H11ClN2O2. The van der Waals surface area contributed by atoms with Crippen LogP contribution in [0.25, 0.3) is 0 Å². The Morgan fingerprint density at radius 3 is 2.86 bits per heavy atom. The minimum absolute atomic E-state index is 0.186. The number of carbonyl (C=O) groups excluding carboxylic acids is 1. The number of nitrogens with two attached hydrogens (primary N) is 1. The van der Waals surface area contributed by atoms with E-state index in [9.17, 15) is 4.79 Å². The highest BCUT2D eigenvalue weighted by molar-refractivity contribution is 6.29. The van der Waals surface area contributed by atoms with Gasteiger partial charge in [0.2, 0.25) is 0 Å². The molecule has 1 rings (SSSR count). The Morgan fingerprint density at radius 1 is 1.64 bits per heavy atom. The molecule has 1 heterocycles. The van der Waals surface area contributed by atoms with Crippen molar-refractivity contribution in [3.8, 4) is 0 Å². The van der Waals surface area contributed by atoms with E-state index in [1.807, 2.05) is 0 Å². The standard InChI is InChI=1S/C9H11ClN2O2/c1-5(2)14-9(13)6-3-8(10)12-4-7(6)11/h3-5H,11H2,1-2H3. The van der Waals surface area contributed by atoms with Crippen LogP contribution in [0.3, 0.4) is 0 Å². The van der Waals surface area contributed by atoms with Gasteiger partial charge in [0.1, 0.15) is 5.15 Å². The smallest absolute Gasteiger partial charge is 0.340 e. The van der Waals surface area contributed by atoms with Crippen molar-refractivity contribution in [2.75, 3.05) is 5.73 Å². The molecule has 0 aliphatic carbocycles. The van der Waals surface area contributed by atoms with E-state index in [2.05, 4.69) is 4.98 Å². The maximum Gasteiger partial charge on any atom is 0.340 e. The lowest BCUT2D eigenvalue weighted by Crippen LogP contribution is -2.13. The zero-order valence-corrected chi connectivity index (χ0v) is 8.71. The summed E-state index contributed by atoms with van der Waals surface area (Å²) >= 11 is 5.62. The maximum absolute atomic E-state index is 11.4. The van der Waals surface area contributed by atoms with E-state index in [0.717, 1.165) is 0 Å². The van der Waals surface area contributed by atoms with E-state index in [-0.39, 0.29) is 22.5 Å². The van der Waals surface area contributed by atoms with Gasteiger partial charge in [-0.15, -0.1) is 0 Å². The lowest BCUT2D eigenvalue weighted by molar-refractivity contribution is 0.0379. The molecular weight excluding hydrogens is 204 g/mol. The van der Waals surface area contributed by atoms with Crippen LogP contribution in [0.4, 0.5) is 5.69 Å². The predicted molar refractivity (Wildman–Crippen MR) is 54.2 cm³/mol. The number of carbonyl (C=O) groups is 1. The van der Waals surface area contributed by atoms with Gasteiger partial charge in [0.15, 0.2) is 0 Å². The molecule has 0 atom stereocenters. The Balaban J connectivity index is 2.94. The minimum atomic E-state index is -0.484. The second-order valence-electron chi connectivity index (χ2n) is 3.05. The van der Waals surface area contributed by atoms with Crippen LogP contribution in [0.5, 0.6) is 0 Å². The van der Waals surface area contributed by atoms with Crippen molar-refractivity contribution >= 4 is 23.3 Å². The zero-order chi connectivity index (χ0) is 10.7. The molecule has 5 heteroatoms. The molecule has 4 nitrogen and oxygen atoms in total. The fourth-order valence-electron chi connectivity index (χ4n) is 0.895. The third-order valence-corrected chi connectivity index (χ3v) is 1.67.